The minimum atomic E-state index is 0.780. The van der Waals surface area contributed by atoms with Crippen LogP contribution in [-0.2, 0) is 0 Å². The Morgan fingerprint density at radius 2 is 0.933 bits per heavy atom. The third kappa shape index (κ3) is 11.4. The van der Waals surface area contributed by atoms with Crippen LogP contribution in [-0.4, -0.2) is 0 Å². The SMILES string of the molecule is CCCCCCC[C@H]1CC[C@H](C=CC#CC=C[C@H]2CC[C@H](CCCCC)CC2)CC1. The van der Waals surface area contributed by atoms with Crippen molar-refractivity contribution in [1.29, 1.82) is 0 Å². The summed E-state index contributed by atoms with van der Waals surface area (Å²) < 4.78 is 0. The predicted molar refractivity (Wildman–Crippen MR) is 134 cm³/mol. The van der Waals surface area contributed by atoms with E-state index in [1.165, 1.54) is 116 Å². The van der Waals surface area contributed by atoms with Gasteiger partial charge in [-0.2, -0.15) is 0 Å². The van der Waals surface area contributed by atoms with Crippen molar-refractivity contribution >= 4 is 0 Å². The maximum absolute atomic E-state index is 3.26. The minimum absolute atomic E-state index is 0.780. The fourth-order valence-corrected chi connectivity index (χ4v) is 5.52. The van der Waals surface area contributed by atoms with Crippen molar-refractivity contribution in [3.05, 3.63) is 24.3 Å². The Morgan fingerprint density at radius 3 is 1.40 bits per heavy atom. The maximum atomic E-state index is 3.26. The second-order valence-electron chi connectivity index (χ2n) is 10.3. The molecule has 2 aliphatic carbocycles. The van der Waals surface area contributed by atoms with Crippen LogP contribution < -0.4 is 0 Å². The van der Waals surface area contributed by atoms with Gasteiger partial charge in [0.15, 0.2) is 0 Å². The quantitative estimate of drug-likeness (QED) is 0.222. The Balaban J connectivity index is 1.53. The first-order chi connectivity index (χ1) is 14.8. The molecule has 0 saturated heterocycles. The molecule has 0 bridgehead atoms. The molecule has 0 nitrogen and oxygen atoms in total. The van der Waals surface area contributed by atoms with Crippen LogP contribution >= 0.6 is 0 Å². The molecule has 0 aromatic carbocycles. The Morgan fingerprint density at radius 1 is 0.533 bits per heavy atom. The topological polar surface area (TPSA) is 0 Å². The Hall–Kier alpha value is -0.960. The Kier molecular flexibility index (Phi) is 14.1. The summed E-state index contributed by atoms with van der Waals surface area (Å²) in [4.78, 5) is 0. The van der Waals surface area contributed by atoms with Crippen LogP contribution in [0.4, 0.5) is 0 Å². The molecule has 0 radical (unpaired) electrons. The van der Waals surface area contributed by atoms with E-state index in [-0.39, 0.29) is 0 Å². The summed E-state index contributed by atoms with van der Waals surface area (Å²) >= 11 is 0. The molecule has 0 spiro atoms. The Bertz CT molecular complexity index is 512. The summed E-state index contributed by atoms with van der Waals surface area (Å²) in [5.41, 5.74) is 0. The monoisotopic (exact) mass is 410 g/mol. The van der Waals surface area contributed by atoms with Crippen molar-refractivity contribution in [2.24, 2.45) is 23.7 Å². The van der Waals surface area contributed by atoms with E-state index in [9.17, 15) is 0 Å². The number of allylic oxidation sites excluding steroid dienone is 4. The van der Waals surface area contributed by atoms with Gasteiger partial charge < -0.3 is 0 Å². The van der Waals surface area contributed by atoms with E-state index >= 15 is 0 Å². The van der Waals surface area contributed by atoms with Crippen molar-refractivity contribution in [3.8, 4) is 11.8 Å². The van der Waals surface area contributed by atoms with E-state index in [1.807, 2.05) is 0 Å². The van der Waals surface area contributed by atoms with Gasteiger partial charge in [0, 0.05) is 0 Å². The van der Waals surface area contributed by atoms with Crippen molar-refractivity contribution in [2.45, 2.75) is 129 Å². The van der Waals surface area contributed by atoms with Crippen LogP contribution in [0.25, 0.3) is 0 Å². The molecule has 0 aromatic heterocycles. The summed E-state index contributed by atoms with van der Waals surface area (Å²) in [5, 5.41) is 0. The number of hydrogen-bond acceptors (Lipinski definition) is 0. The molecule has 0 aliphatic heterocycles. The van der Waals surface area contributed by atoms with Gasteiger partial charge in [0.25, 0.3) is 0 Å². The third-order valence-corrected chi connectivity index (χ3v) is 7.70. The molecule has 30 heavy (non-hydrogen) atoms. The molecule has 2 rings (SSSR count). The average Bonchev–Trinajstić information content (AvgIpc) is 2.78. The molecule has 0 heterocycles. The highest BCUT2D eigenvalue weighted by molar-refractivity contribution is 5.24. The summed E-state index contributed by atoms with van der Waals surface area (Å²) in [7, 11) is 0. The molecule has 2 saturated carbocycles. The van der Waals surface area contributed by atoms with Crippen LogP contribution in [0.3, 0.4) is 0 Å². The average molecular weight is 411 g/mol. The fraction of sp³-hybridized carbons (Fsp3) is 0.800. The summed E-state index contributed by atoms with van der Waals surface area (Å²) in [5.74, 6) is 10.1. The van der Waals surface area contributed by atoms with Crippen LogP contribution in [0, 0.1) is 35.5 Å². The van der Waals surface area contributed by atoms with E-state index in [0.29, 0.717) is 0 Å². The summed E-state index contributed by atoms with van der Waals surface area (Å²) in [6.07, 6.45) is 34.6. The summed E-state index contributed by atoms with van der Waals surface area (Å²) in [6, 6.07) is 0. The van der Waals surface area contributed by atoms with Gasteiger partial charge in [-0.1, -0.05) is 102 Å². The van der Waals surface area contributed by atoms with Gasteiger partial charge in [-0.3, -0.25) is 0 Å². The standard InChI is InChI=1S/C30H50/c1-3-5-7-8-12-16-28-23-25-30(26-24-28)18-14-10-9-13-17-29-21-19-27(20-22-29)15-11-6-4-2/h13-14,17-18,27-30H,3-8,11-12,15-16,19-26H2,1-2H3/t27-,28-,29-,30-. The molecule has 0 heteroatoms. The second-order valence-corrected chi connectivity index (χ2v) is 10.3. The highest BCUT2D eigenvalue weighted by atomic mass is 14.2. The molecule has 2 fully saturated rings. The lowest BCUT2D eigenvalue weighted by molar-refractivity contribution is 0.288. The molecular weight excluding hydrogens is 360 g/mol. The van der Waals surface area contributed by atoms with E-state index in [1.54, 1.807) is 0 Å². The highest BCUT2D eigenvalue weighted by Crippen LogP contribution is 2.33. The zero-order chi connectivity index (χ0) is 21.3. The first-order valence-corrected chi connectivity index (χ1v) is 13.7. The van der Waals surface area contributed by atoms with Gasteiger partial charge in [0.1, 0.15) is 0 Å². The van der Waals surface area contributed by atoms with Gasteiger partial charge in [-0.05, 0) is 87.2 Å². The lowest BCUT2D eigenvalue weighted by Crippen LogP contribution is -2.13. The highest BCUT2D eigenvalue weighted by Gasteiger charge is 2.19. The normalized spacial score (nSPS) is 27.4. The van der Waals surface area contributed by atoms with Crippen molar-refractivity contribution in [2.75, 3.05) is 0 Å². The number of rotatable bonds is 12. The third-order valence-electron chi connectivity index (χ3n) is 7.70. The van der Waals surface area contributed by atoms with Gasteiger partial charge in [-0.25, -0.2) is 0 Å². The van der Waals surface area contributed by atoms with E-state index in [2.05, 4.69) is 50.0 Å². The molecule has 0 amide bonds. The van der Waals surface area contributed by atoms with E-state index in [0.717, 1.165) is 23.7 Å². The number of hydrogen-bond donors (Lipinski definition) is 0. The predicted octanol–water partition coefficient (Wildman–Crippen LogP) is 9.66. The lowest BCUT2D eigenvalue weighted by atomic mass is 9.79. The van der Waals surface area contributed by atoms with Gasteiger partial charge in [-0.15, -0.1) is 0 Å². The Labute approximate surface area is 189 Å². The largest absolute Gasteiger partial charge is 0.0730 e. The summed E-state index contributed by atoms with van der Waals surface area (Å²) in [6.45, 7) is 4.61. The van der Waals surface area contributed by atoms with E-state index < -0.39 is 0 Å². The molecule has 2 aliphatic rings. The van der Waals surface area contributed by atoms with Gasteiger partial charge in [0.05, 0.1) is 0 Å². The molecule has 0 atom stereocenters. The van der Waals surface area contributed by atoms with Crippen LogP contribution in [0.1, 0.15) is 129 Å². The molecule has 170 valence electrons. The molecule has 0 N–H and O–H groups in total. The fourth-order valence-electron chi connectivity index (χ4n) is 5.52. The number of unbranched alkanes of at least 4 members (excludes halogenated alkanes) is 6. The molecule has 0 unspecified atom stereocenters. The van der Waals surface area contributed by atoms with Crippen molar-refractivity contribution in [3.63, 3.8) is 0 Å². The smallest absolute Gasteiger partial charge is 0.0153 e. The first-order valence-electron chi connectivity index (χ1n) is 13.7. The van der Waals surface area contributed by atoms with Crippen molar-refractivity contribution < 1.29 is 0 Å². The van der Waals surface area contributed by atoms with Crippen molar-refractivity contribution in [1.82, 2.24) is 0 Å². The van der Waals surface area contributed by atoms with Crippen LogP contribution in [0.2, 0.25) is 0 Å². The van der Waals surface area contributed by atoms with E-state index in [4.69, 9.17) is 0 Å². The van der Waals surface area contributed by atoms with Gasteiger partial charge >= 0.3 is 0 Å². The zero-order valence-corrected chi connectivity index (χ0v) is 20.3. The first kappa shape index (κ1) is 25.3. The minimum Gasteiger partial charge on any atom is -0.0730 e. The van der Waals surface area contributed by atoms with Crippen LogP contribution in [0.5, 0.6) is 0 Å². The van der Waals surface area contributed by atoms with Crippen LogP contribution in [0.15, 0.2) is 24.3 Å². The zero-order valence-electron chi connectivity index (χ0n) is 20.3. The lowest BCUT2D eigenvalue weighted by Gasteiger charge is -2.26. The van der Waals surface area contributed by atoms with Gasteiger partial charge in [0.2, 0.25) is 0 Å². The second kappa shape index (κ2) is 16.7. The maximum Gasteiger partial charge on any atom is -0.0153 e. The molecular formula is C30H50. The molecule has 0 aromatic rings.